The molecule has 1 aromatic rings. The first-order valence-electron chi connectivity index (χ1n) is 12.8. The number of aromatic nitrogens is 1. The lowest BCUT2D eigenvalue weighted by atomic mass is 9.58. The Morgan fingerprint density at radius 3 is 2.61 bits per heavy atom. The van der Waals surface area contributed by atoms with Gasteiger partial charge < -0.3 is 20.3 Å². The van der Waals surface area contributed by atoms with Crippen LogP contribution in [0.25, 0.3) is 6.08 Å². The Balaban J connectivity index is 1.58. The molecule has 200 valence electrons. The number of halogens is 2. The van der Waals surface area contributed by atoms with Crippen molar-refractivity contribution in [2.24, 2.45) is 17.3 Å². The van der Waals surface area contributed by atoms with Crippen molar-refractivity contribution in [1.82, 2.24) is 10.3 Å². The first-order chi connectivity index (χ1) is 16.9. The summed E-state index contributed by atoms with van der Waals surface area (Å²) in [5, 5.41) is 26.2. The van der Waals surface area contributed by atoms with Crippen molar-refractivity contribution in [1.29, 1.82) is 0 Å². The van der Waals surface area contributed by atoms with E-state index in [4.69, 9.17) is 16.3 Å². The van der Waals surface area contributed by atoms with Crippen molar-refractivity contribution >= 4 is 40.7 Å². The van der Waals surface area contributed by atoms with E-state index >= 15 is 4.39 Å². The number of nitrogens with zero attached hydrogens (tertiary/aromatic N) is 1. The maximum atomic E-state index is 15.4. The molecule has 10 heteroatoms. The number of aliphatic hydroxyl groups is 2. The number of hydrogen-bond acceptors (Lipinski definition) is 7. The number of hydrogen-bond donors (Lipinski definition) is 3. The largest absolute Gasteiger partial charge is 0.392 e. The maximum Gasteiger partial charge on any atom is 0.223 e. The minimum absolute atomic E-state index is 0.135. The molecule has 0 unspecified atom stereocenters. The number of fused-ring (bicyclic) bond motifs is 1. The Labute approximate surface area is 220 Å². The van der Waals surface area contributed by atoms with Gasteiger partial charge in [0.05, 0.1) is 40.8 Å². The van der Waals surface area contributed by atoms with Crippen LogP contribution in [0.4, 0.5) is 4.39 Å². The van der Waals surface area contributed by atoms with E-state index < -0.39 is 52.5 Å². The number of carbonyl (C=O) groups is 2. The Kier molecular flexibility index (Phi) is 8.27. The molecule has 3 heterocycles. The van der Waals surface area contributed by atoms with Gasteiger partial charge in [-0.2, -0.15) is 0 Å². The lowest BCUT2D eigenvalue weighted by Gasteiger charge is -2.46. The van der Waals surface area contributed by atoms with E-state index in [1.807, 2.05) is 13.8 Å². The third-order valence-electron chi connectivity index (χ3n) is 8.24. The van der Waals surface area contributed by atoms with Crippen LogP contribution in [0.2, 0.25) is 0 Å². The van der Waals surface area contributed by atoms with Crippen LogP contribution in [0.15, 0.2) is 11.2 Å². The molecule has 2 saturated heterocycles. The number of aliphatic hydroxyl groups excluding tert-OH is 2. The van der Waals surface area contributed by atoms with Crippen molar-refractivity contribution in [2.75, 3.05) is 0 Å². The number of thiazole rings is 1. The molecular weight excluding hydrogens is 507 g/mol. The maximum absolute atomic E-state index is 15.4. The van der Waals surface area contributed by atoms with E-state index in [0.29, 0.717) is 37.8 Å². The van der Waals surface area contributed by atoms with Crippen LogP contribution in [0, 0.1) is 24.2 Å². The summed E-state index contributed by atoms with van der Waals surface area (Å²) < 4.78 is 21.1. The van der Waals surface area contributed by atoms with Crippen LogP contribution in [0.3, 0.4) is 0 Å². The van der Waals surface area contributed by atoms with Gasteiger partial charge in [-0.25, -0.2) is 9.37 Å². The van der Waals surface area contributed by atoms with Gasteiger partial charge in [0.1, 0.15) is 17.7 Å². The van der Waals surface area contributed by atoms with E-state index in [9.17, 15) is 19.8 Å². The van der Waals surface area contributed by atoms with Gasteiger partial charge in [0.25, 0.3) is 0 Å². The first kappa shape index (κ1) is 27.6. The highest BCUT2D eigenvalue weighted by molar-refractivity contribution is 7.09. The number of ketones is 1. The van der Waals surface area contributed by atoms with Crippen LogP contribution in [0.5, 0.6) is 0 Å². The highest BCUT2D eigenvalue weighted by Crippen LogP contribution is 2.50. The fourth-order valence-corrected chi connectivity index (χ4v) is 6.55. The van der Waals surface area contributed by atoms with Crippen molar-refractivity contribution in [2.45, 2.75) is 102 Å². The normalized spacial score (nSPS) is 38.2. The first-order valence-corrected chi connectivity index (χ1v) is 14.1. The highest BCUT2D eigenvalue weighted by atomic mass is 35.5. The second-order valence-corrected chi connectivity index (χ2v) is 12.5. The van der Waals surface area contributed by atoms with E-state index in [1.54, 1.807) is 12.3 Å². The van der Waals surface area contributed by atoms with Crippen molar-refractivity contribution in [3.63, 3.8) is 0 Å². The smallest absolute Gasteiger partial charge is 0.223 e. The molecule has 4 rings (SSSR count). The molecule has 7 atom stereocenters. The Morgan fingerprint density at radius 2 is 2.00 bits per heavy atom. The summed E-state index contributed by atoms with van der Waals surface area (Å²) in [5.41, 5.74) is -0.590. The topological polar surface area (TPSA) is 112 Å². The number of alkyl halides is 1. The number of nitrogens with one attached hydrogen (secondary N) is 1. The van der Waals surface area contributed by atoms with Crippen molar-refractivity contribution < 1.29 is 28.9 Å². The van der Waals surface area contributed by atoms with Gasteiger partial charge in [0, 0.05) is 17.7 Å². The third kappa shape index (κ3) is 5.70. The van der Waals surface area contributed by atoms with E-state index in [2.05, 4.69) is 10.3 Å². The molecule has 3 N–H and O–H groups in total. The van der Waals surface area contributed by atoms with E-state index in [-0.39, 0.29) is 24.5 Å². The van der Waals surface area contributed by atoms with Crippen LogP contribution < -0.4 is 5.32 Å². The number of epoxide rings is 1. The minimum Gasteiger partial charge on any atom is -0.392 e. The summed E-state index contributed by atoms with van der Waals surface area (Å²) >= 11 is 8.02. The Hall–Kier alpha value is -1.39. The fourth-order valence-electron chi connectivity index (χ4n) is 5.65. The average Bonchev–Trinajstić information content (AvgIpc) is 3.22. The van der Waals surface area contributed by atoms with E-state index in [0.717, 1.165) is 11.4 Å². The minimum atomic E-state index is -1.21. The second kappa shape index (κ2) is 10.8. The van der Waals surface area contributed by atoms with Gasteiger partial charge in [0.2, 0.25) is 5.91 Å². The molecule has 2 aliphatic heterocycles. The molecule has 1 spiro atoms. The molecule has 36 heavy (non-hydrogen) atoms. The fraction of sp³-hybridized carbons (Fsp3) is 0.731. The van der Waals surface area contributed by atoms with Gasteiger partial charge in [-0.05, 0) is 51.0 Å². The zero-order chi connectivity index (χ0) is 26.3. The van der Waals surface area contributed by atoms with Crippen molar-refractivity contribution in [3.8, 4) is 0 Å². The molecule has 7 nitrogen and oxygen atoms in total. The molecule has 1 amide bonds. The summed E-state index contributed by atoms with van der Waals surface area (Å²) in [6.07, 6.45) is 2.12. The van der Waals surface area contributed by atoms with Gasteiger partial charge in [-0.15, -0.1) is 11.3 Å². The summed E-state index contributed by atoms with van der Waals surface area (Å²) in [4.78, 5) is 30.7. The number of Topliss-reactive ketones (excluding diaryl/α,β-unsaturated/α-hetero) is 1. The molecular formula is C26H36ClFN2O5S. The van der Waals surface area contributed by atoms with Gasteiger partial charge in [0.15, 0.2) is 5.06 Å². The standard InChI is InChI=1S/C26H36ClFN2O5S/c1-14-6-4-9-26(27)21(35-26)11-19(18(28)10-17-13-36-16(3)29-17)30-22(32)12-20(31)25(7-5-8-25)24(34)15(2)23(14)33/h10,13-15,19-21,23,31,33H,4-9,11-12H2,1-3H3,(H,30,32)/t14-,15+,19-,20-,21-,23-,26+/m0/s1. The van der Waals surface area contributed by atoms with Gasteiger partial charge in [-0.3, -0.25) is 9.59 Å². The zero-order valence-corrected chi connectivity index (χ0v) is 22.6. The number of amides is 1. The zero-order valence-electron chi connectivity index (χ0n) is 21.0. The SMILES string of the molecule is Cc1nc(C=C(F)[C@@H]2C[C@@H]3O[C@]3(Cl)CCC[C@H](C)[C@H](O)[C@@H](C)C(=O)C3(CCC3)[C@@H](O)CC(=O)N2)cs1. The monoisotopic (exact) mass is 542 g/mol. The number of aryl methyl sites for hydroxylation is 1. The summed E-state index contributed by atoms with van der Waals surface area (Å²) in [6, 6.07) is -1.00. The summed E-state index contributed by atoms with van der Waals surface area (Å²) in [7, 11) is 0. The number of ether oxygens (including phenoxy) is 1. The van der Waals surface area contributed by atoms with Crippen molar-refractivity contribution in [3.05, 3.63) is 21.9 Å². The molecule has 3 aliphatic rings. The lowest BCUT2D eigenvalue weighted by molar-refractivity contribution is -0.154. The molecule has 1 saturated carbocycles. The molecule has 0 aromatic carbocycles. The highest BCUT2D eigenvalue weighted by Gasteiger charge is 2.56. The Morgan fingerprint density at radius 1 is 1.28 bits per heavy atom. The molecule has 1 aromatic heterocycles. The van der Waals surface area contributed by atoms with Crippen LogP contribution in [-0.4, -0.2) is 56.3 Å². The van der Waals surface area contributed by atoms with Crippen LogP contribution in [-0.2, 0) is 14.3 Å². The molecule has 0 radical (unpaired) electrons. The van der Waals surface area contributed by atoms with Gasteiger partial charge >= 0.3 is 0 Å². The van der Waals surface area contributed by atoms with Crippen LogP contribution in [0.1, 0.15) is 75.9 Å². The van der Waals surface area contributed by atoms with Gasteiger partial charge in [-0.1, -0.05) is 31.9 Å². The predicted octanol–water partition coefficient (Wildman–Crippen LogP) is 4.28. The third-order valence-corrected chi connectivity index (χ3v) is 9.55. The molecule has 0 bridgehead atoms. The van der Waals surface area contributed by atoms with Crippen LogP contribution >= 0.6 is 22.9 Å². The predicted molar refractivity (Wildman–Crippen MR) is 136 cm³/mol. The Bertz CT molecular complexity index is 1010. The van der Waals surface area contributed by atoms with E-state index in [1.165, 1.54) is 17.4 Å². The molecule has 3 fully saturated rings. The summed E-state index contributed by atoms with van der Waals surface area (Å²) in [5.74, 6) is -2.16. The average molecular weight is 543 g/mol. The quantitative estimate of drug-likeness (QED) is 0.380. The number of rotatable bonds is 2. The lowest BCUT2D eigenvalue weighted by Crippen LogP contribution is -2.54. The summed E-state index contributed by atoms with van der Waals surface area (Å²) in [6.45, 7) is 5.42. The molecule has 1 aliphatic carbocycles. The number of carbonyl (C=O) groups excluding carboxylic acids is 2. The second-order valence-electron chi connectivity index (χ2n) is 10.8.